The van der Waals surface area contributed by atoms with Crippen LogP contribution in [0.5, 0.6) is 17.2 Å². The SMILES string of the molecule is COc1cc(OC)c(OC)cc1CN1CCC2(CCC(=O)N(C)CC2)CC1. The molecule has 150 valence electrons. The third kappa shape index (κ3) is 4.32. The maximum absolute atomic E-state index is 12.0. The number of carbonyl (C=O) groups excluding carboxylic acids is 1. The highest BCUT2D eigenvalue weighted by molar-refractivity contribution is 5.76. The van der Waals surface area contributed by atoms with Crippen LogP contribution in [0, 0.1) is 5.41 Å². The summed E-state index contributed by atoms with van der Waals surface area (Å²) < 4.78 is 16.4. The summed E-state index contributed by atoms with van der Waals surface area (Å²) in [5.41, 5.74) is 1.44. The highest BCUT2D eigenvalue weighted by atomic mass is 16.5. The van der Waals surface area contributed by atoms with Gasteiger partial charge in [0.15, 0.2) is 11.5 Å². The molecule has 1 amide bonds. The average molecular weight is 376 g/mol. The first-order valence-corrected chi connectivity index (χ1v) is 9.75. The maximum atomic E-state index is 12.0. The van der Waals surface area contributed by atoms with E-state index in [0.29, 0.717) is 23.5 Å². The lowest BCUT2D eigenvalue weighted by Crippen LogP contribution is -2.40. The van der Waals surface area contributed by atoms with Crippen LogP contribution in [0.25, 0.3) is 0 Å². The molecule has 0 aromatic heterocycles. The number of benzene rings is 1. The first-order valence-electron chi connectivity index (χ1n) is 9.75. The molecule has 1 aromatic carbocycles. The Balaban J connectivity index is 1.66. The number of amides is 1. The number of methoxy groups -OCH3 is 3. The zero-order valence-corrected chi connectivity index (χ0v) is 17.0. The van der Waals surface area contributed by atoms with E-state index in [1.165, 1.54) is 0 Å². The van der Waals surface area contributed by atoms with Gasteiger partial charge in [-0.3, -0.25) is 9.69 Å². The first-order chi connectivity index (χ1) is 13.0. The predicted octanol–water partition coefficient (Wildman–Crippen LogP) is 2.94. The lowest BCUT2D eigenvalue weighted by molar-refractivity contribution is -0.129. The minimum absolute atomic E-state index is 0.296. The fraction of sp³-hybridized carbons (Fsp3) is 0.667. The van der Waals surface area contributed by atoms with E-state index < -0.39 is 0 Å². The Hall–Kier alpha value is -1.95. The van der Waals surface area contributed by atoms with E-state index in [2.05, 4.69) is 4.90 Å². The van der Waals surface area contributed by atoms with Crippen molar-refractivity contribution < 1.29 is 19.0 Å². The van der Waals surface area contributed by atoms with Crippen molar-refractivity contribution in [2.75, 3.05) is 48.0 Å². The van der Waals surface area contributed by atoms with E-state index in [1.807, 2.05) is 24.1 Å². The molecule has 3 rings (SSSR count). The summed E-state index contributed by atoms with van der Waals surface area (Å²) in [6.45, 7) is 3.82. The van der Waals surface area contributed by atoms with Crippen molar-refractivity contribution >= 4 is 5.91 Å². The monoisotopic (exact) mass is 376 g/mol. The summed E-state index contributed by atoms with van der Waals surface area (Å²) in [5, 5.41) is 0. The molecule has 2 fully saturated rings. The molecule has 2 aliphatic rings. The zero-order chi connectivity index (χ0) is 19.4. The number of hydrogen-bond donors (Lipinski definition) is 0. The zero-order valence-electron chi connectivity index (χ0n) is 17.0. The van der Waals surface area contributed by atoms with Crippen LogP contribution in [0.15, 0.2) is 12.1 Å². The number of likely N-dealkylation sites (tertiary alicyclic amines) is 2. The van der Waals surface area contributed by atoms with Gasteiger partial charge in [-0.15, -0.1) is 0 Å². The molecule has 1 spiro atoms. The van der Waals surface area contributed by atoms with Crippen molar-refractivity contribution in [2.45, 2.75) is 38.6 Å². The number of rotatable bonds is 5. The van der Waals surface area contributed by atoms with Gasteiger partial charge in [0.05, 0.1) is 21.3 Å². The Morgan fingerprint density at radius 2 is 1.48 bits per heavy atom. The molecule has 0 saturated carbocycles. The van der Waals surface area contributed by atoms with Crippen molar-refractivity contribution in [3.63, 3.8) is 0 Å². The van der Waals surface area contributed by atoms with Crippen LogP contribution in [0.1, 0.15) is 37.7 Å². The van der Waals surface area contributed by atoms with Gasteiger partial charge in [0.1, 0.15) is 5.75 Å². The predicted molar refractivity (Wildman–Crippen MR) is 105 cm³/mol. The Morgan fingerprint density at radius 1 is 0.889 bits per heavy atom. The second-order valence-corrected chi connectivity index (χ2v) is 7.86. The van der Waals surface area contributed by atoms with Gasteiger partial charge in [-0.05, 0) is 50.3 Å². The number of piperidine rings is 1. The van der Waals surface area contributed by atoms with Crippen LogP contribution in [0.3, 0.4) is 0 Å². The lowest BCUT2D eigenvalue weighted by Gasteiger charge is -2.41. The Bertz CT molecular complexity index is 668. The summed E-state index contributed by atoms with van der Waals surface area (Å²) in [7, 11) is 6.91. The van der Waals surface area contributed by atoms with Crippen LogP contribution in [-0.2, 0) is 11.3 Å². The van der Waals surface area contributed by atoms with Gasteiger partial charge in [0.2, 0.25) is 5.91 Å². The molecule has 0 atom stereocenters. The fourth-order valence-electron chi connectivity index (χ4n) is 4.36. The normalized spacial score (nSPS) is 20.4. The highest BCUT2D eigenvalue weighted by Gasteiger charge is 2.37. The van der Waals surface area contributed by atoms with Crippen LogP contribution in [0.2, 0.25) is 0 Å². The van der Waals surface area contributed by atoms with Gasteiger partial charge in [-0.2, -0.15) is 0 Å². The van der Waals surface area contributed by atoms with Gasteiger partial charge in [0, 0.05) is 38.2 Å². The quantitative estimate of drug-likeness (QED) is 0.791. The standard InChI is InChI=1S/C21H32N2O4/c1-22-10-7-21(6-5-20(22)24)8-11-23(12-9-21)15-16-13-18(26-3)19(27-4)14-17(16)25-2/h13-14H,5-12,15H2,1-4H3. The lowest BCUT2D eigenvalue weighted by atomic mass is 9.73. The van der Waals surface area contributed by atoms with E-state index in [-0.39, 0.29) is 0 Å². The molecular weight excluding hydrogens is 344 g/mol. The Morgan fingerprint density at radius 3 is 2.11 bits per heavy atom. The van der Waals surface area contributed by atoms with Gasteiger partial charge in [-0.1, -0.05) is 0 Å². The number of ether oxygens (including phenoxy) is 3. The molecule has 6 nitrogen and oxygen atoms in total. The Labute approximate surface area is 162 Å². The van der Waals surface area contributed by atoms with E-state index in [9.17, 15) is 4.79 Å². The summed E-state index contributed by atoms with van der Waals surface area (Å²) >= 11 is 0. The molecule has 27 heavy (non-hydrogen) atoms. The molecule has 0 bridgehead atoms. The van der Waals surface area contributed by atoms with Crippen molar-refractivity contribution in [2.24, 2.45) is 5.41 Å². The molecule has 0 N–H and O–H groups in total. The third-order valence-corrected chi connectivity index (χ3v) is 6.37. The topological polar surface area (TPSA) is 51.2 Å². The molecule has 2 aliphatic heterocycles. The van der Waals surface area contributed by atoms with Crippen LogP contribution in [-0.4, -0.2) is 63.7 Å². The molecular formula is C21H32N2O4. The minimum Gasteiger partial charge on any atom is -0.496 e. The minimum atomic E-state index is 0.296. The van der Waals surface area contributed by atoms with Gasteiger partial charge >= 0.3 is 0 Å². The molecule has 6 heteroatoms. The largest absolute Gasteiger partial charge is 0.496 e. The van der Waals surface area contributed by atoms with Crippen molar-refractivity contribution in [1.82, 2.24) is 9.80 Å². The van der Waals surface area contributed by atoms with E-state index in [0.717, 1.165) is 68.9 Å². The molecule has 2 heterocycles. The highest BCUT2D eigenvalue weighted by Crippen LogP contribution is 2.42. The number of hydrogen-bond acceptors (Lipinski definition) is 5. The molecule has 0 aliphatic carbocycles. The summed E-state index contributed by atoms with van der Waals surface area (Å²) in [5.74, 6) is 2.54. The van der Waals surface area contributed by atoms with Gasteiger partial charge < -0.3 is 19.1 Å². The molecule has 0 unspecified atom stereocenters. The van der Waals surface area contributed by atoms with Crippen molar-refractivity contribution in [3.05, 3.63) is 17.7 Å². The first kappa shape index (κ1) is 19.8. The van der Waals surface area contributed by atoms with Crippen LogP contribution < -0.4 is 14.2 Å². The van der Waals surface area contributed by atoms with E-state index >= 15 is 0 Å². The van der Waals surface area contributed by atoms with Gasteiger partial charge in [0.25, 0.3) is 0 Å². The average Bonchev–Trinajstić information content (AvgIpc) is 2.83. The van der Waals surface area contributed by atoms with E-state index in [4.69, 9.17) is 14.2 Å². The van der Waals surface area contributed by atoms with Crippen LogP contribution >= 0.6 is 0 Å². The molecule has 2 saturated heterocycles. The van der Waals surface area contributed by atoms with Gasteiger partial charge in [-0.25, -0.2) is 0 Å². The summed E-state index contributed by atoms with van der Waals surface area (Å²) in [6, 6.07) is 3.91. The van der Waals surface area contributed by atoms with Crippen LogP contribution in [0.4, 0.5) is 0 Å². The second kappa shape index (κ2) is 8.38. The van der Waals surface area contributed by atoms with Crippen molar-refractivity contribution in [1.29, 1.82) is 0 Å². The smallest absolute Gasteiger partial charge is 0.222 e. The van der Waals surface area contributed by atoms with E-state index in [1.54, 1.807) is 21.3 Å². The maximum Gasteiger partial charge on any atom is 0.222 e. The molecule has 1 aromatic rings. The number of nitrogens with zero attached hydrogens (tertiary/aromatic N) is 2. The number of carbonyl (C=O) groups is 1. The molecule has 0 radical (unpaired) electrons. The fourth-order valence-corrected chi connectivity index (χ4v) is 4.36. The Kier molecular flexibility index (Phi) is 6.15. The van der Waals surface area contributed by atoms with Crippen molar-refractivity contribution in [3.8, 4) is 17.2 Å². The second-order valence-electron chi connectivity index (χ2n) is 7.86. The summed E-state index contributed by atoms with van der Waals surface area (Å²) in [6.07, 6.45) is 5.17. The summed E-state index contributed by atoms with van der Waals surface area (Å²) in [4.78, 5) is 16.4. The third-order valence-electron chi connectivity index (χ3n) is 6.37.